The van der Waals surface area contributed by atoms with Gasteiger partial charge in [-0.25, -0.2) is 4.98 Å². The smallest absolute Gasteiger partial charge is 0.268 e. The van der Waals surface area contributed by atoms with Gasteiger partial charge in [0.1, 0.15) is 29.1 Å². The largest absolute Gasteiger partial charge is 0.384 e. The number of aromatic nitrogens is 3. The number of anilines is 1. The summed E-state index contributed by atoms with van der Waals surface area (Å²) in [6.07, 6.45) is 3.20. The molecule has 2 heterocycles. The summed E-state index contributed by atoms with van der Waals surface area (Å²) in [6.45, 7) is 0. The summed E-state index contributed by atoms with van der Waals surface area (Å²) in [5.74, 6) is -0.0570. The summed E-state index contributed by atoms with van der Waals surface area (Å²) < 4.78 is 0. The van der Waals surface area contributed by atoms with E-state index in [2.05, 4.69) is 15.0 Å². The average molecular weight is 302 g/mol. The molecular formula is C16H10N6O. The van der Waals surface area contributed by atoms with Crippen LogP contribution in [0.5, 0.6) is 0 Å². The fraction of sp³-hybridized carbons (Fsp3) is 0. The third-order valence-corrected chi connectivity index (χ3v) is 3.43. The maximum atomic E-state index is 12.0. The monoisotopic (exact) mass is 302 g/mol. The summed E-state index contributed by atoms with van der Waals surface area (Å²) in [5.41, 5.74) is 7.42. The molecule has 0 saturated heterocycles. The molecular weight excluding hydrogens is 292 g/mol. The van der Waals surface area contributed by atoms with Crippen molar-refractivity contribution in [2.24, 2.45) is 0 Å². The van der Waals surface area contributed by atoms with Gasteiger partial charge in [-0.1, -0.05) is 18.2 Å². The first-order valence-electron chi connectivity index (χ1n) is 6.61. The number of nitrogens with one attached hydrogen (secondary N) is 2. The van der Waals surface area contributed by atoms with Gasteiger partial charge in [0.05, 0.1) is 18.2 Å². The van der Waals surface area contributed by atoms with Gasteiger partial charge in [-0.3, -0.25) is 4.79 Å². The van der Waals surface area contributed by atoms with Crippen molar-refractivity contribution in [1.82, 2.24) is 15.0 Å². The Kier molecular flexibility index (Phi) is 3.38. The Morgan fingerprint density at radius 3 is 2.52 bits per heavy atom. The number of benzene rings is 1. The molecule has 0 aliphatic carbocycles. The quantitative estimate of drug-likeness (QED) is 0.662. The van der Waals surface area contributed by atoms with Gasteiger partial charge < -0.3 is 15.7 Å². The number of rotatable bonds is 2. The summed E-state index contributed by atoms with van der Waals surface area (Å²) in [6, 6.07) is 10.9. The van der Waals surface area contributed by atoms with Crippen molar-refractivity contribution in [3.63, 3.8) is 0 Å². The molecule has 23 heavy (non-hydrogen) atoms. The number of nitrogen functional groups attached to an aromatic ring is 1. The number of hydrogen-bond donors (Lipinski definition) is 3. The van der Waals surface area contributed by atoms with Crippen molar-refractivity contribution in [2.45, 2.75) is 0 Å². The highest BCUT2D eigenvalue weighted by Crippen LogP contribution is 2.30. The second kappa shape index (κ2) is 5.51. The van der Waals surface area contributed by atoms with Crippen molar-refractivity contribution in [1.29, 1.82) is 10.5 Å². The van der Waals surface area contributed by atoms with Crippen molar-refractivity contribution in [3.8, 4) is 34.5 Å². The average Bonchev–Trinajstić information content (AvgIpc) is 3.09. The highest BCUT2D eigenvalue weighted by atomic mass is 16.1. The SMILES string of the molecule is N#Cc1c(N)[nH]c(=O)c(C#N)c1-c1cccc(-c2cnc[nH]2)c1. The Hall–Kier alpha value is -3.84. The minimum absolute atomic E-state index is 0.0570. The van der Waals surface area contributed by atoms with E-state index in [1.807, 2.05) is 18.2 Å². The van der Waals surface area contributed by atoms with Gasteiger partial charge in [-0.15, -0.1) is 0 Å². The van der Waals surface area contributed by atoms with Gasteiger partial charge in [0.15, 0.2) is 0 Å². The van der Waals surface area contributed by atoms with Crippen LogP contribution in [0.15, 0.2) is 41.6 Å². The fourth-order valence-corrected chi connectivity index (χ4v) is 2.39. The summed E-state index contributed by atoms with van der Waals surface area (Å²) >= 11 is 0. The molecule has 0 saturated carbocycles. The molecule has 0 unspecified atom stereocenters. The van der Waals surface area contributed by atoms with Crippen LogP contribution in [0.4, 0.5) is 5.82 Å². The molecule has 2 aromatic heterocycles. The first-order valence-corrected chi connectivity index (χ1v) is 6.61. The van der Waals surface area contributed by atoms with E-state index in [1.54, 1.807) is 30.7 Å². The standard InChI is InChI=1S/C16H10N6O/c17-5-11-14(12(6-18)16(23)22-15(11)19)10-3-1-2-9(4-10)13-7-20-8-21-13/h1-4,7-8H,(H,20,21)(H3,19,22,23). The maximum absolute atomic E-state index is 12.0. The van der Waals surface area contributed by atoms with E-state index in [0.29, 0.717) is 5.56 Å². The Morgan fingerprint density at radius 2 is 1.87 bits per heavy atom. The van der Waals surface area contributed by atoms with Crippen LogP contribution in [-0.2, 0) is 0 Å². The molecule has 0 aliphatic heterocycles. The Morgan fingerprint density at radius 1 is 1.13 bits per heavy atom. The van der Waals surface area contributed by atoms with Crippen LogP contribution in [0, 0.1) is 22.7 Å². The summed E-state index contributed by atoms with van der Waals surface area (Å²) in [4.78, 5) is 21.2. The van der Waals surface area contributed by atoms with E-state index in [0.717, 1.165) is 11.3 Å². The van der Waals surface area contributed by atoms with Crippen LogP contribution in [-0.4, -0.2) is 15.0 Å². The van der Waals surface area contributed by atoms with E-state index in [9.17, 15) is 15.3 Å². The van der Waals surface area contributed by atoms with Crippen molar-refractivity contribution in [3.05, 3.63) is 58.3 Å². The number of nitrogens with two attached hydrogens (primary N) is 1. The van der Waals surface area contributed by atoms with Crippen LogP contribution in [0.1, 0.15) is 11.1 Å². The zero-order valence-electron chi connectivity index (χ0n) is 11.8. The van der Waals surface area contributed by atoms with Gasteiger partial charge in [0, 0.05) is 11.1 Å². The predicted octanol–water partition coefficient (Wildman–Crippen LogP) is 1.76. The molecule has 110 valence electrons. The normalized spacial score (nSPS) is 10.0. The lowest BCUT2D eigenvalue weighted by Gasteiger charge is -2.09. The molecule has 0 atom stereocenters. The first kappa shape index (κ1) is 14.1. The molecule has 7 heteroatoms. The molecule has 0 radical (unpaired) electrons. The molecule has 0 bridgehead atoms. The Bertz CT molecular complexity index is 1020. The van der Waals surface area contributed by atoms with Crippen LogP contribution in [0.2, 0.25) is 0 Å². The zero-order valence-corrected chi connectivity index (χ0v) is 11.8. The van der Waals surface area contributed by atoms with E-state index in [4.69, 9.17) is 5.73 Å². The number of pyridine rings is 1. The molecule has 0 spiro atoms. The summed E-state index contributed by atoms with van der Waals surface area (Å²) in [7, 11) is 0. The number of nitriles is 2. The number of imidazole rings is 1. The van der Waals surface area contributed by atoms with Gasteiger partial charge >= 0.3 is 0 Å². The van der Waals surface area contributed by atoms with E-state index in [-0.39, 0.29) is 22.5 Å². The number of nitrogens with zero attached hydrogens (tertiary/aromatic N) is 3. The minimum Gasteiger partial charge on any atom is -0.384 e. The number of aromatic amines is 2. The Balaban J connectivity index is 2.32. The lowest BCUT2D eigenvalue weighted by atomic mass is 9.95. The lowest BCUT2D eigenvalue weighted by molar-refractivity contribution is 1.21. The highest BCUT2D eigenvalue weighted by Gasteiger charge is 2.18. The number of hydrogen-bond acceptors (Lipinski definition) is 5. The molecule has 1 aromatic carbocycles. The van der Waals surface area contributed by atoms with E-state index >= 15 is 0 Å². The first-order chi connectivity index (χ1) is 11.2. The van der Waals surface area contributed by atoms with Crippen molar-refractivity contribution >= 4 is 5.82 Å². The van der Waals surface area contributed by atoms with Crippen LogP contribution in [0.3, 0.4) is 0 Å². The molecule has 0 aliphatic rings. The van der Waals surface area contributed by atoms with Gasteiger partial charge in [-0.05, 0) is 11.6 Å². The predicted molar refractivity (Wildman–Crippen MR) is 83.9 cm³/mol. The van der Waals surface area contributed by atoms with E-state index < -0.39 is 5.56 Å². The number of H-pyrrole nitrogens is 2. The van der Waals surface area contributed by atoms with Crippen LogP contribution >= 0.6 is 0 Å². The van der Waals surface area contributed by atoms with Crippen molar-refractivity contribution < 1.29 is 0 Å². The molecule has 0 fully saturated rings. The van der Waals surface area contributed by atoms with Crippen molar-refractivity contribution in [2.75, 3.05) is 5.73 Å². The third-order valence-electron chi connectivity index (χ3n) is 3.43. The molecule has 4 N–H and O–H groups in total. The molecule has 3 aromatic rings. The second-order valence-electron chi connectivity index (χ2n) is 4.76. The zero-order chi connectivity index (χ0) is 16.4. The van der Waals surface area contributed by atoms with E-state index in [1.165, 1.54) is 0 Å². The van der Waals surface area contributed by atoms with Gasteiger partial charge in [0.2, 0.25) is 0 Å². The van der Waals surface area contributed by atoms with Crippen LogP contribution in [0.25, 0.3) is 22.4 Å². The lowest BCUT2D eigenvalue weighted by Crippen LogP contribution is -2.16. The maximum Gasteiger partial charge on any atom is 0.268 e. The highest BCUT2D eigenvalue weighted by molar-refractivity contribution is 5.82. The minimum atomic E-state index is -0.619. The molecule has 3 rings (SSSR count). The Labute approximate surface area is 130 Å². The second-order valence-corrected chi connectivity index (χ2v) is 4.76. The third kappa shape index (κ3) is 2.33. The molecule has 7 nitrogen and oxygen atoms in total. The summed E-state index contributed by atoms with van der Waals surface area (Å²) in [5, 5.41) is 18.6. The van der Waals surface area contributed by atoms with Gasteiger partial charge in [0.25, 0.3) is 5.56 Å². The van der Waals surface area contributed by atoms with Gasteiger partial charge in [-0.2, -0.15) is 10.5 Å². The molecule has 0 amide bonds. The fourth-order valence-electron chi connectivity index (χ4n) is 2.39. The van der Waals surface area contributed by atoms with Crippen LogP contribution < -0.4 is 11.3 Å². The topological polar surface area (TPSA) is 135 Å².